The van der Waals surface area contributed by atoms with Crippen molar-refractivity contribution in [3.05, 3.63) is 0 Å². The molecule has 4 heteroatoms. The van der Waals surface area contributed by atoms with E-state index < -0.39 is 0 Å². The first-order valence-corrected chi connectivity index (χ1v) is 5.51. The lowest BCUT2D eigenvalue weighted by molar-refractivity contribution is -0.123. The lowest BCUT2D eigenvalue weighted by Crippen LogP contribution is -2.17. The minimum Gasteiger partial charge on any atom is -0.379 e. The van der Waals surface area contributed by atoms with Gasteiger partial charge in [0.2, 0.25) is 0 Å². The second-order valence-corrected chi connectivity index (χ2v) is 3.70. The summed E-state index contributed by atoms with van der Waals surface area (Å²) in [6.07, 6.45) is 0.508. The Kier molecular flexibility index (Phi) is 9.78. The van der Waals surface area contributed by atoms with Crippen LogP contribution in [-0.2, 0) is 14.3 Å². The van der Waals surface area contributed by atoms with Gasteiger partial charge in [-0.1, -0.05) is 13.8 Å². The van der Waals surface area contributed by atoms with Crippen molar-refractivity contribution in [1.82, 2.24) is 5.32 Å². The summed E-state index contributed by atoms with van der Waals surface area (Å²) >= 11 is 0. The van der Waals surface area contributed by atoms with Gasteiger partial charge in [0.15, 0.2) is 0 Å². The Morgan fingerprint density at radius 3 is 2.27 bits per heavy atom. The van der Waals surface area contributed by atoms with Crippen LogP contribution in [-0.4, -0.2) is 45.8 Å². The molecular formula is C11H23NO3. The van der Waals surface area contributed by atoms with Crippen molar-refractivity contribution in [2.45, 2.75) is 20.3 Å². The molecule has 0 radical (unpaired) electrons. The fourth-order valence-electron chi connectivity index (χ4n) is 0.958. The third-order valence-electron chi connectivity index (χ3n) is 2.01. The molecule has 0 rings (SSSR count). The minimum absolute atomic E-state index is 0.112. The van der Waals surface area contributed by atoms with Gasteiger partial charge in [0, 0.05) is 18.9 Å². The van der Waals surface area contributed by atoms with E-state index >= 15 is 0 Å². The van der Waals surface area contributed by atoms with Gasteiger partial charge in [-0.25, -0.2) is 0 Å². The first-order valence-electron chi connectivity index (χ1n) is 5.51. The van der Waals surface area contributed by atoms with Crippen LogP contribution in [0.5, 0.6) is 0 Å². The monoisotopic (exact) mass is 217 g/mol. The molecule has 0 unspecified atom stereocenters. The quantitative estimate of drug-likeness (QED) is 0.551. The minimum atomic E-state index is 0.112. The van der Waals surface area contributed by atoms with Crippen molar-refractivity contribution in [2.75, 3.05) is 40.0 Å². The molecule has 0 heterocycles. The van der Waals surface area contributed by atoms with Crippen molar-refractivity contribution in [3.63, 3.8) is 0 Å². The maximum atomic E-state index is 11.2. The highest BCUT2D eigenvalue weighted by Gasteiger charge is 2.05. The number of hydrogen-bond acceptors (Lipinski definition) is 4. The van der Waals surface area contributed by atoms with Crippen LogP contribution in [0.15, 0.2) is 0 Å². The molecule has 0 atom stereocenters. The molecule has 0 spiro atoms. The summed E-state index contributed by atoms with van der Waals surface area (Å²) in [7, 11) is 1.89. The molecule has 0 bridgehead atoms. The van der Waals surface area contributed by atoms with E-state index in [9.17, 15) is 4.79 Å². The topological polar surface area (TPSA) is 47.6 Å². The number of hydrogen-bond donors (Lipinski definition) is 1. The van der Waals surface area contributed by atoms with Gasteiger partial charge in [0.1, 0.15) is 5.78 Å². The average molecular weight is 217 g/mol. The van der Waals surface area contributed by atoms with Gasteiger partial charge in [0.25, 0.3) is 0 Å². The molecule has 0 saturated carbocycles. The predicted octanol–water partition coefficient (Wildman–Crippen LogP) is 0.854. The van der Waals surface area contributed by atoms with E-state index in [0.717, 1.165) is 6.54 Å². The maximum absolute atomic E-state index is 11.2. The molecule has 0 saturated heterocycles. The molecular weight excluding hydrogens is 194 g/mol. The summed E-state index contributed by atoms with van der Waals surface area (Å²) in [4.78, 5) is 11.2. The Hall–Kier alpha value is -0.450. The Morgan fingerprint density at radius 2 is 1.73 bits per heavy atom. The van der Waals surface area contributed by atoms with E-state index in [4.69, 9.17) is 9.47 Å². The van der Waals surface area contributed by atoms with Gasteiger partial charge in [-0.2, -0.15) is 0 Å². The Bertz CT molecular complexity index is 160. The molecule has 0 aliphatic carbocycles. The molecule has 90 valence electrons. The second-order valence-electron chi connectivity index (χ2n) is 3.70. The molecule has 0 fully saturated rings. The molecule has 4 nitrogen and oxygen atoms in total. The van der Waals surface area contributed by atoms with Crippen LogP contribution >= 0.6 is 0 Å². The van der Waals surface area contributed by atoms with Gasteiger partial charge >= 0.3 is 0 Å². The molecule has 0 aromatic rings. The van der Waals surface area contributed by atoms with Gasteiger partial charge < -0.3 is 14.8 Å². The number of ketones is 1. The third kappa shape index (κ3) is 9.85. The smallest absolute Gasteiger partial charge is 0.137 e. The molecule has 0 aliphatic rings. The van der Waals surface area contributed by atoms with Crippen molar-refractivity contribution in [2.24, 2.45) is 5.92 Å². The van der Waals surface area contributed by atoms with E-state index in [1.54, 1.807) is 0 Å². The van der Waals surface area contributed by atoms with Gasteiger partial charge in [-0.3, -0.25) is 4.79 Å². The zero-order valence-electron chi connectivity index (χ0n) is 10.0. The standard InChI is InChI=1S/C11H23NO3/c1-10(2)11(13)4-6-14-8-9-15-7-5-12-3/h10,12H,4-9H2,1-3H3. The third-order valence-corrected chi connectivity index (χ3v) is 2.01. The number of likely N-dealkylation sites (N-methyl/N-ethyl adjacent to an activating group) is 1. The highest BCUT2D eigenvalue weighted by Crippen LogP contribution is 1.98. The van der Waals surface area contributed by atoms with E-state index in [2.05, 4.69) is 5.32 Å². The predicted molar refractivity (Wildman–Crippen MR) is 60.0 cm³/mol. The molecule has 0 aliphatic heterocycles. The SMILES string of the molecule is CNCCOCCOCCC(=O)C(C)C. The van der Waals surface area contributed by atoms with Crippen LogP contribution in [0.2, 0.25) is 0 Å². The van der Waals surface area contributed by atoms with Gasteiger partial charge in [-0.15, -0.1) is 0 Å². The molecule has 0 aromatic carbocycles. The molecule has 1 N–H and O–H groups in total. The zero-order valence-corrected chi connectivity index (χ0v) is 10.0. The van der Waals surface area contributed by atoms with E-state index in [-0.39, 0.29) is 11.7 Å². The zero-order chi connectivity index (χ0) is 11.5. The Labute approximate surface area is 92.3 Å². The normalized spacial score (nSPS) is 10.9. The van der Waals surface area contributed by atoms with Crippen LogP contribution in [0.25, 0.3) is 0 Å². The van der Waals surface area contributed by atoms with Crippen molar-refractivity contribution < 1.29 is 14.3 Å². The Morgan fingerprint density at radius 1 is 1.13 bits per heavy atom. The highest BCUT2D eigenvalue weighted by molar-refractivity contribution is 5.80. The second kappa shape index (κ2) is 10.1. The number of Topliss-reactive ketones (excluding diaryl/α,β-unsaturated/α-hetero) is 1. The number of ether oxygens (including phenoxy) is 2. The number of rotatable bonds is 10. The summed E-state index contributed by atoms with van der Waals surface area (Å²) in [5.74, 6) is 0.367. The summed E-state index contributed by atoms with van der Waals surface area (Å²) in [5.41, 5.74) is 0. The highest BCUT2D eigenvalue weighted by atomic mass is 16.5. The fraction of sp³-hybridized carbons (Fsp3) is 0.909. The lowest BCUT2D eigenvalue weighted by Gasteiger charge is -2.06. The molecule has 0 amide bonds. The summed E-state index contributed by atoms with van der Waals surface area (Å²) in [6.45, 7) is 7.03. The number of carbonyl (C=O) groups excluding carboxylic acids is 1. The number of carbonyl (C=O) groups is 1. The van der Waals surface area contributed by atoms with Crippen LogP contribution in [0.3, 0.4) is 0 Å². The van der Waals surface area contributed by atoms with Gasteiger partial charge in [-0.05, 0) is 7.05 Å². The van der Waals surface area contributed by atoms with E-state index in [1.165, 1.54) is 0 Å². The first-order chi connectivity index (χ1) is 7.18. The van der Waals surface area contributed by atoms with Crippen LogP contribution in [0.1, 0.15) is 20.3 Å². The lowest BCUT2D eigenvalue weighted by atomic mass is 10.1. The van der Waals surface area contributed by atoms with Crippen molar-refractivity contribution in [3.8, 4) is 0 Å². The van der Waals surface area contributed by atoms with E-state index in [0.29, 0.717) is 32.8 Å². The van der Waals surface area contributed by atoms with E-state index in [1.807, 2.05) is 20.9 Å². The summed E-state index contributed by atoms with van der Waals surface area (Å²) in [6, 6.07) is 0. The molecule has 15 heavy (non-hydrogen) atoms. The van der Waals surface area contributed by atoms with Crippen LogP contribution in [0, 0.1) is 5.92 Å². The Balaban J connectivity index is 3.08. The van der Waals surface area contributed by atoms with Gasteiger partial charge in [0.05, 0.1) is 26.4 Å². The summed E-state index contributed by atoms with van der Waals surface area (Å²) in [5, 5.41) is 2.99. The number of nitrogens with one attached hydrogen (secondary N) is 1. The fourth-order valence-corrected chi connectivity index (χ4v) is 0.958. The largest absolute Gasteiger partial charge is 0.379 e. The van der Waals surface area contributed by atoms with Crippen LogP contribution in [0.4, 0.5) is 0 Å². The summed E-state index contributed by atoms with van der Waals surface area (Å²) < 4.78 is 10.5. The van der Waals surface area contributed by atoms with Crippen LogP contribution < -0.4 is 5.32 Å². The first kappa shape index (κ1) is 14.6. The van der Waals surface area contributed by atoms with Crippen molar-refractivity contribution in [1.29, 1.82) is 0 Å². The molecule has 0 aromatic heterocycles. The van der Waals surface area contributed by atoms with Crippen molar-refractivity contribution >= 4 is 5.78 Å². The average Bonchev–Trinajstić information content (AvgIpc) is 2.21. The maximum Gasteiger partial charge on any atom is 0.137 e.